The van der Waals surface area contributed by atoms with E-state index in [-0.39, 0.29) is 0 Å². The van der Waals surface area contributed by atoms with Crippen LogP contribution in [0.3, 0.4) is 0 Å². The number of nitrogens with zero attached hydrogens (tertiary/aromatic N) is 2. The molecular weight excluding hydrogens is 160 g/mol. The number of benzene rings is 1. The maximum Gasteiger partial charge on any atom is 0.0774 e. The summed E-state index contributed by atoms with van der Waals surface area (Å²) in [6.07, 6.45) is 2.19. The monoisotopic (exact) mass is 168 g/mol. The normalized spacial score (nSPS) is 9.77. The number of nitriles is 1. The summed E-state index contributed by atoms with van der Waals surface area (Å²) in [5.41, 5.74) is 0.834. The van der Waals surface area contributed by atoms with E-state index in [1.54, 1.807) is 0 Å². The summed E-state index contributed by atoms with van der Waals surface area (Å²) in [5, 5.41) is 10.8. The molecule has 2 nitrogen and oxygen atoms in total. The molecule has 0 amide bonds. The van der Waals surface area contributed by atoms with Crippen molar-refractivity contribution < 1.29 is 0 Å². The molecule has 2 rings (SSSR count). The summed E-state index contributed by atoms with van der Waals surface area (Å²) in [4.78, 5) is 4.17. The minimum absolute atomic E-state index is 0.380. The van der Waals surface area contributed by atoms with Gasteiger partial charge >= 0.3 is 0 Å². The molecule has 0 bridgehead atoms. The van der Waals surface area contributed by atoms with Crippen LogP contribution >= 0.6 is 0 Å². The molecule has 0 saturated heterocycles. The third-order valence-electron chi connectivity index (χ3n) is 1.95. The highest BCUT2D eigenvalue weighted by Crippen LogP contribution is 2.13. The topological polar surface area (TPSA) is 36.7 Å². The molecule has 0 fully saturated rings. The van der Waals surface area contributed by atoms with E-state index >= 15 is 0 Å². The van der Waals surface area contributed by atoms with Gasteiger partial charge in [-0.05, 0) is 11.5 Å². The molecule has 0 aliphatic rings. The van der Waals surface area contributed by atoms with Crippen molar-refractivity contribution in [2.24, 2.45) is 0 Å². The van der Waals surface area contributed by atoms with Crippen LogP contribution in [0.2, 0.25) is 0 Å². The highest BCUT2D eigenvalue weighted by atomic mass is 14.7. The summed E-state index contributed by atoms with van der Waals surface area (Å²) in [6, 6.07) is 12.0. The zero-order valence-electron chi connectivity index (χ0n) is 7.07. The first-order valence-electron chi connectivity index (χ1n) is 4.11. The lowest BCUT2D eigenvalue weighted by Crippen LogP contribution is -1.86. The summed E-state index contributed by atoms with van der Waals surface area (Å²) in [7, 11) is 0. The lowest BCUT2D eigenvalue weighted by Gasteiger charge is -1.97. The van der Waals surface area contributed by atoms with Gasteiger partial charge in [-0.15, -0.1) is 0 Å². The molecule has 0 radical (unpaired) electrons. The van der Waals surface area contributed by atoms with Crippen molar-refractivity contribution in [3.05, 3.63) is 42.2 Å². The third kappa shape index (κ3) is 1.50. The SMILES string of the molecule is N#CCc1cc2ccccc2cn1. The van der Waals surface area contributed by atoms with Gasteiger partial charge in [-0.3, -0.25) is 4.98 Å². The van der Waals surface area contributed by atoms with Gasteiger partial charge in [0.1, 0.15) is 0 Å². The van der Waals surface area contributed by atoms with Crippen LogP contribution in [0.5, 0.6) is 0 Å². The Morgan fingerprint density at radius 1 is 1.23 bits per heavy atom. The Morgan fingerprint density at radius 2 is 2.00 bits per heavy atom. The molecule has 1 aromatic carbocycles. The first kappa shape index (κ1) is 7.75. The lowest BCUT2D eigenvalue weighted by molar-refractivity contribution is 1.13. The van der Waals surface area contributed by atoms with Crippen molar-refractivity contribution in [3.8, 4) is 6.07 Å². The molecule has 0 unspecified atom stereocenters. The average molecular weight is 168 g/mol. The molecule has 0 aliphatic carbocycles. The Labute approximate surface area is 76.5 Å². The Kier molecular flexibility index (Phi) is 1.93. The van der Waals surface area contributed by atoms with Crippen molar-refractivity contribution in [2.75, 3.05) is 0 Å². The second-order valence-corrected chi connectivity index (χ2v) is 2.86. The minimum atomic E-state index is 0.380. The van der Waals surface area contributed by atoms with Crippen LogP contribution in [-0.4, -0.2) is 4.98 Å². The van der Waals surface area contributed by atoms with Crippen molar-refractivity contribution >= 4 is 10.8 Å². The van der Waals surface area contributed by atoms with Crippen LogP contribution < -0.4 is 0 Å². The van der Waals surface area contributed by atoms with Crippen molar-refractivity contribution in [1.29, 1.82) is 5.26 Å². The largest absolute Gasteiger partial charge is 0.260 e. The summed E-state index contributed by atoms with van der Waals surface area (Å²) in [6.45, 7) is 0. The third-order valence-corrected chi connectivity index (χ3v) is 1.95. The minimum Gasteiger partial charge on any atom is -0.260 e. The highest BCUT2D eigenvalue weighted by molar-refractivity contribution is 5.81. The first-order chi connectivity index (χ1) is 6.40. The van der Waals surface area contributed by atoms with Gasteiger partial charge in [0.2, 0.25) is 0 Å². The van der Waals surface area contributed by atoms with Crippen LogP contribution in [0.15, 0.2) is 36.5 Å². The fourth-order valence-corrected chi connectivity index (χ4v) is 1.31. The van der Waals surface area contributed by atoms with E-state index in [2.05, 4.69) is 11.1 Å². The molecule has 0 saturated carbocycles. The molecule has 0 spiro atoms. The van der Waals surface area contributed by atoms with Gasteiger partial charge in [0.05, 0.1) is 18.2 Å². The van der Waals surface area contributed by atoms with Gasteiger partial charge in [0, 0.05) is 11.6 Å². The van der Waals surface area contributed by atoms with E-state index in [9.17, 15) is 0 Å². The van der Waals surface area contributed by atoms with Gasteiger partial charge in [-0.25, -0.2) is 0 Å². The van der Waals surface area contributed by atoms with E-state index in [1.807, 2.05) is 36.5 Å². The quantitative estimate of drug-likeness (QED) is 0.655. The predicted octanol–water partition coefficient (Wildman–Crippen LogP) is 2.30. The van der Waals surface area contributed by atoms with Crippen molar-refractivity contribution in [1.82, 2.24) is 4.98 Å². The zero-order chi connectivity index (χ0) is 9.10. The standard InChI is InChI=1S/C11H8N2/c12-6-5-11-7-9-3-1-2-4-10(9)8-13-11/h1-4,7-8H,5H2. The second-order valence-electron chi connectivity index (χ2n) is 2.86. The fourth-order valence-electron chi connectivity index (χ4n) is 1.31. The molecule has 13 heavy (non-hydrogen) atoms. The Morgan fingerprint density at radius 3 is 2.77 bits per heavy atom. The molecule has 0 atom stereocenters. The predicted molar refractivity (Wildman–Crippen MR) is 51.1 cm³/mol. The van der Waals surface area contributed by atoms with E-state index < -0.39 is 0 Å². The van der Waals surface area contributed by atoms with Crippen LogP contribution in [-0.2, 0) is 6.42 Å². The number of pyridine rings is 1. The van der Waals surface area contributed by atoms with E-state index in [0.717, 1.165) is 16.5 Å². The van der Waals surface area contributed by atoms with Crippen molar-refractivity contribution in [2.45, 2.75) is 6.42 Å². The average Bonchev–Trinajstić information content (AvgIpc) is 2.18. The maximum atomic E-state index is 8.50. The van der Waals surface area contributed by atoms with Gasteiger partial charge in [0.25, 0.3) is 0 Å². The zero-order valence-corrected chi connectivity index (χ0v) is 7.07. The molecule has 2 heteroatoms. The molecule has 0 aliphatic heterocycles. The summed E-state index contributed by atoms with van der Waals surface area (Å²) < 4.78 is 0. The molecule has 0 N–H and O–H groups in total. The van der Waals surface area contributed by atoms with Crippen LogP contribution in [0.25, 0.3) is 10.8 Å². The highest BCUT2D eigenvalue weighted by Gasteiger charge is 1.95. The number of aromatic nitrogens is 1. The first-order valence-corrected chi connectivity index (χ1v) is 4.11. The molecule has 62 valence electrons. The summed E-state index contributed by atoms with van der Waals surface area (Å²) in [5.74, 6) is 0. The number of fused-ring (bicyclic) bond motifs is 1. The number of hydrogen-bond acceptors (Lipinski definition) is 2. The summed E-state index contributed by atoms with van der Waals surface area (Å²) >= 11 is 0. The van der Waals surface area contributed by atoms with Crippen LogP contribution in [0, 0.1) is 11.3 Å². The molecule has 1 aromatic heterocycles. The number of hydrogen-bond donors (Lipinski definition) is 0. The van der Waals surface area contributed by atoms with Gasteiger partial charge < -0.3 is 0 Å². The second kappa shape index (κ2) is 3.24. The molecule has 1 heterocycles. The Balaban J connectivity index is 2.57. The Bertz CT molecular complexity index is 469. The van der Waals surface area contributed by atoms with Crippen LogP contribution in [0.1, 0.15) is 5.69 Å². The van der Waals surface area contributed by atoms with Gasteiger partial charge in [-0.1, -0.05) is 24.3 Å². The van der Waals surface area contributed by atoms with E-state index in [1.165, 1.54) is 0 Å². The van der Waals surface area contributed by atoms with Gasteiger partial charge in [0.15, 0.2) is 0 Å². The molecule has 2 aromatic rings. The smallest absolute Gasteiger partial charge is 0.0774 e. The van der Waals surface area contributed by atoms with E-state index in [0.29, 0.717) is 6.42 Å². The Hall–Kier alpha value is -1.88. The fraction of sp³-hybridized carbons (Fsp3) is 0.0909. The van der Waals surface area contributed by atoms with Crippen LogP contribution in [0.4, 0.5) is 0 Å². The van der Waals surface area contributed by atoms with Gasteiger partial charge in [-0.2, -0.15) is 5.26 Å². The lowest BCUT2D eigenvalue weighted by atomic mass is 10.1. The van der Waals surface area contributed by atoms with E-state index in [4.69, 9.17) is 5.26 Å². The van der Waals surface area contributed by atoms with Crippen molar-refractivity contribution in [3.63, 3.8) is 0 Å². The maximum absolute atomic E-state index is 8.50. The number of rotatable bonds is 1. The molecular formula is C11H8N2.